The van der Waals surface area contributed by atoms with E-state index < -0.39 is 0 Å². The minimum Gasteiger partial charge on any atom is -0.465 e. The van der Waals surface area contributed by atoms with Gasteiger partial charge in [-0.1, -0.05) is 19.3 Å². The van der Waals surface area contributed by atoms with Crippen LogP contribution in [-0.2, 0) is 6.54 Å². The lowest BCUT2D eigenvalue weighted by Gasteiger charge is -2.18. The van der Waals surface area contributed by atoms with Gasteiger partial charge in [0.15, 0.2) is 5.82 Å². The molecule has 25 heavy (non-hydrogen) atoms. The molecule has 136 valence electrons. The third-order valence-corrected chi connectivity index (χ3v) is 5.73. The smallest absolute Gasteiger partial charge is 0.153 e. The van der Waals surface area contributed by atoms with E-state index in [1.165, 1.54) is 32.1 Å². The first-order valence-corrected chi connectivity index (χ1v) is 9.48. The molecule has 1 N–H and O–H groups in total. The monoisotopic (exact) mass is 346 g/mol. The Bertz CT molecular complexity index is 691. The van der Waals surface area contributed by atoms with Gasteiger partial charge in [-0.15, -0.1) is 0 Å². The van der Waals surface area contributed by atoms with Gasteiger partial charge >= 0.3 is 0 Å². The van der Waals surface area contributed by atoms with Gasteiger partial charge in [0.25, 0.3) is 0 Å². The second-order valence-corrected chi connectivity index (χ2v) is 7.64. The van der Waals surface area contributed by atoms with Crippen LogP contribution >= 0.6 is 0 Å². The predicted octanol–water partition coefficient (Wildman–Crippen LogP) is 3.94. The number of rotatable bonds is 5. The number of nitrogens with zero attached hydrogens (tertiary/aromatic N) is 3. The van der Waals surface area contributed by atoms with E-state index in [0.717, 1.165) is 42.8 Å². The van der Waals surface area contributed by atoms with Gasteiger partial charge in [-0.25, -0.2) is 4.98 Å². The molecule has 3 heterocycles. The van der Waals surface area contributed by atoms with E-state index >= 15 is 0 Å². The van der Waals surface area contributed by atoms with Crippen LogP contribution in [0.2, 0.25) is 0 Å². The number of hydrogen-bond donors (Lipinski definition) is 1. The van der Waals surface area contributed by atoms with E-state index in [0.29, 0.717) is 5.92 Å². The average molecular weight is 346 g/mol. The van der Waals surface area contributed by atoms with Crippen LogP contribution in [0.25, 0.3) is 0 Å². The van der Waals surface area contributed by atoms with Crippen molar-refractivity contribution >= 4 is 0 Å². The number of hydrogen-bond acceptors (Lipinski definition) is 4. The van der Waals surface area contributed by atoms with Crippen molar-refractivity contribution in [2.75, 3.05) is 19.8 Å². The summed E-state index contributed by atoms with van der Waals surface area (Å²) in [6.07, 6.45) is 6.21. The van der Waals surface area contributed by atoms with Gasteiger partial charge in [0.2, 0.25) is 0 Å². The Morgan fingerprint density at radius 1 is 1.24 bits per heavy atom. The number of alkyl halides is 1. The molecule has 1 saturated carbocycles. The van der Waals surface area contributed by atoms with Gasteiger partial charge < -0.3 is 4.42 Å². The van der Waals surface area contributed by atoms with Crippen LogP contribution in [0.15, 0.2) is 16.5 Å². The largest absolute Gasteiger partial charge is 0.465 e. The Hall–Kier alpha value is -1.69. The van der Waals surface area contributed by atoms with Gasteiger partial charge in [-0.2, -0.15) is 5.10 Å². The highest BCUT2D eigenvalue weighted by Gasteiger charge is 2.36. The predicted molar refractivity (Wildman–Crippen MR) is 93.1 cm³/mol. The van der Waals surface area contributed by atoms with E-state index in [4.69, 9.17) is 9.40 Å². The molecular weight excluding hydrogens is 319 g/mol. The van der Waals surface area contributed by atoms with Gasteiger partial charge in [-0.3, -0.25) is 14.4 Å². The molecule has 6 heteroatoms. The molecule has 2 aromatic rings. The van der Waals surface area contributed by atoms with Crippen LogP contribution in [0.3, 0.4) is 0 Å². The lowest BCUT2D eigenvalue weighted by atomic mass is 9.89. The molecule has 0 bridgehead atoms. The van der Waals surface area contributed by atoms with Crippen LogP contribution in [0, 0.1) is 12.8 Å². The molecule has 0 spiro atoms. The lowest BCUT2D eigenvalue weighted by Crippen LogP contribution is -2.20. The number of aromatic amines is 1. The van der Waals surface area contributed by atoms with Crippen LogP contribution in [-0.4, -0.2) is 39.8 Å². The third-order valence-electron chi connectivity index (χ3n) is 5.73. The zero-order chi connectivity index (χ0) is 17.2. The summed E-state index contributed by atoms with van der Waals surface area (Å²) < 4.78 is 19.3. The maximum Gasteiger partial charge on any atom is 0.153 e. The lowest BCUT2D eigenvalue weighted by molar-refractivity contribution is 0.272. The van der Waals surface area contributed by atoms with Crippen molar-refractivity contribution in [3.05, 3.63) is 35.3 Å². The fourth-order valence-corrected chi connectivity index (χ4v) is 4.34. The summed E-state index contributed by atoms with van der Waals surface area (Å²) in [6, 6.07) is 3.98. The van der Waals surface area contributed by atoms with Crippen molar-refractivity contribution in [3.63, 3.8) is 0 Å². The number of aryl methyl sites for hydroxylation is 1. The SMILES string of the molecule is Cc1ccc(CN2C[C@@H](CF)[C@H](c3nc(C4CCCCC4)n[nH]3)C2)o1. The number of halogens is 1. The summed E-state index contributed by atoms with van der Waals surface area (Å²) in [4.78, 5) is 7.04. The van der Waals surface area contributed by atoms with Gasteiger partial charge in [0.1, 0.15) is 17.3 Å². The zero-order valence-electron chi connectivity index (χ0n) is 14.9. The van der Waals surface area contributed by atoms with Crippen molar-refractivity contribution in [2.45, 2.75) is 57.4 Å². The van der Waals surface area contributed by atoms with Crippen molar-refractivity contribution in [1.82, 2.24) is 20.1 Å². The molecule has 2 fully saturated rings. The highest BCUT2D eigenvalue weighted by molar-refractivity contribution is 5.10. The highest BCUT2D eigenvalue weighted by atomic mass is 19.1. The standard InChI is InChI=1S/C19H27FN4O/c1-13-7-8-16(25-13)11-24-10-15(9-20)17(12-24)19-21-18(22-23-19)14-5-3-2-4-6-14/h7-8,14-15,17H,2-6,9-12H2,1H3,(H,21,22,23)/t15-,17-/m1/s1. The minimum absolute atomic E-state index is 0.0248. The topological polar surface area (TPSA) is 58.0 Å². The summed E-state index contributed by atoms with van der Waals surface area (Å²) in [6.45, 7) is 3.89. The molecule has 0 radical (unpaired) electrons. The molecule has 0 aromatic carbocycles. The highest BCUT2D eigenvalue weighted by Crippen LogP contribution is 2.35. The number of nitrogens with one attached hydrogen (secondary N) is 1. The summed E-state index contributed by atoms with van der Waals surface area (Å²) in [7, 11) is 0. The van der Waals surface area contributed by atoms with Crippen molar-refractivity contribution in [1.29, 1.82) is 0 Å². The molecule has 1 aliphatic carbocycles. The Morgan fingerprint density at radius 3 is 2.80 bits per heavy atom. The van der Waals surface area contributed by atoms with Crippen LogP contribution in [0.1, 0.15) is 67.1 Å². The third kappa shape index (κ3) is 3.64. The molecule has 2 atom stereocenters. The Balaban J connectivity index is 1.44. The second kappa shape index (κ2) is 7.28. The molecular formula is C19H27FN4O. The van der Waals surface area contributed by atoms with Crippen LogP contribution < -0.4 is 0 Å². The quantitative estimate of drug-likeness (QED) is 0.891. The molecule has 2 aliphatic rings. The van der Waals surface area contributed by atoms with Crippen LogP contribution in [0.4, 0.5) is 4.39 Å². The van der Waals surface area contributed by atoms with E-state index in [1.54, 1.807) is 0 Å². The summed E-state index contributed by atoms with van der Waals surface area (Å²) in [5.74, 6) is 4.20. The first kappa shape index (κ1) is 16.8. The van der Waals surface area contributed by atoms with E-state index in [1.807, 2.05) is 19.1 Å². The van der Waals surface area contributed by atoms with E-state index in [-0.39, 0.29) is 18.5 Å². The molecule has 1 aliphatic heterocycles. The molecule has 5 nitrogen and oxygen atoms in total. The molecule has 1 saturated heterocycles. The maximum atomic E-state index is 13.6. The van der Waals surface area contributed by atoms with Crippen LogP contribution in [0.5, 0.6) is 0 Å². The number of likely N-dealkylation sites (tertiary alicyclic amines) is 1. The number of furan rings is 1. The molecule has 4 rings (SSSR count). The zero-order valence-corrected chi connectivity index (χ0v) is 14.9. The Kier molecular flexibility index (Phi) is 4.88. The van der Waals surface area contributed by atoms with Crippen molar-refractivity contribution in [2.24, 2.45) is 5.92 Å². The summed E-state index contributed by atoms with van der Waals surface area (Å²) in [5, 5.41) is 7.59. The first-order valence-electron chi connectivity index (χ1n) is 9.48. The summed E-state index contributed by atoms with van der Waals surface area (Å²) in [5.41, 5.74) is 0. The normalized spacial score (nSPS) is 25.7. The average Bonchev–Trinajstić information content (AvgIpc) is 3.35. The second-order valence-electron chi connectivity index (χ2n) is 7.64. The van der Waals surface area contributed by atoms with Gasteiger partial charge in [0.05, 0.1) is 13.2 Å². The maximum absolute atomic E-state index is 13.6. The van der Waals surface area contributed by atoms with Gasteiger partial charge in [-0.05, 0) is 31.9 Å². The first-order chi connectivity index (χ1) is 12.2. The van der Waals surface area contributed by atoms with Crippen molar-refractivity contribution in [3.8, 4) is 0 Å². The number of H-pyrrole nitrogens is 1. The Morgan fingerprint density at radius 2 is 2.08 bits per heavy atom. The number of aromatic nitrogens is 3. The van der Waals surface area contributed by atoms with Crippen molar-refractivity contribution < 1.29 is 8.81 Å². The molecule has 2 aromatic heterocycles. The minimum atomic E-state index is -0.322. The fourth-order valence-electron chi connectivity index (χ4n) is 4.34. The molecule has 0 amide bonds. The summed E-state index contributed by atoms with van der Waals surface area (Å²) >= 11 is 0. The van der Waals surface area contributed by atoms with E-state index in [9.17, 15) is 4.39 Å². The Labute approximate surface area is 148 Å². The van der Waals surface area contributed by atoms with E-state index in [2.05, 4.69) is 15.1 Å². The van der Waals surface area contributed by atoms with Gasteiger partial charge in [0, 0.05) is 30.8 Å². The molecule has 0 unspecified atom stereocenters. The fraction of sp³-hybridized carbons (Fsp3) is 0.684.